The van der Waals surface area contributed by atoms with Crippen molar-refractivity contribution in [3.63, 3.8) is 0 Å². The molecular weight excluding hydrogens is 419 g/mol. The van der Waals surface area contributed by atoms with Crippen molar-refractivity contribution in [2.24, 2.45) is 0 Å². The van der Waals surface area contributed by atoms with Crippen LogP contribution in [0.5, 0.6) is 0 Å². The number of nitrogens with zero attached hydrogens (tertiary/aromatic N) is 2. The van der Waals surface area contributed by atoms with E-state index in [4.69, 9.17) is 0 Å². The quantitative estimate of drug-likeness (QED) is 0.619. The Bertz CT molecular complexity index is 1190. The van der Waals surface area contributed by atoms with Crippen LogP contribution in [0, 0.1) is 5.82 Å². The van der Waals surface area contributed by atoms with E-state index in [2.05, 4.69) is 15.0 Å². The Morgan fingerprint density at radius 1 is 0.935 bits per heavy atom. The van der Waals surface area contributed by atoms with Gasteiger partial charge in [0.15, 0.2) is 0 Å². The molecule has 4 rings (SSSR count). The van der Waals surface area contributed by atoms with Crippen LogP contribution < -0.4 is 10.0 Å². The third-order valence-electron chi connectivity index (χ3n) is 5.25. The molecule has 0 aliphatic carbocycles. The minimum atomic E-state index is -3.97. The van der Waals surface area contributed by atoms with Gasteiger partial charge in [-0.15, -0.1) is 0 Å². The lowest BCUT2D eigenvalue weighted by Gasteiger charge is -2.20. The van der Waals surface area contributed by atoms with Gasteiger partial charge in [0.05, 0.1) is 4.90 Å². The van der Waals surface area contributed by atoms with Gasteiger partial charge < -0.3 is 10.2 Å². The molecule has 2 N–H and O–H groups in total. The van der Waals surface area contributed by atoms with Gasteiger partial charge in [0.25, 0.3) is 10.0 Å². The maximum Gasteiger partial charge on any atom is 0.321 e. The van der Waals surface area contributed by atoms with E-state index in [1.54, 1.807) is 35.2 Å². The first-order valence-corrected chi connectivity index (χ1v) is 11.6. The molecule has 0 saturated carbocycles. The van der Waals surface area contributed by atoms with E-state index in [1.807, 2.05) is 0 Å². The first-order chi connectivity index (χ1) is 14.9. The number of benzene rings is 2. The smallest absolute Gasteiger partial charge is 0.321 e. The van der Waals surface area contributed by atoms with E-state index in [1.165, 1.54) is 18.3 Å². The van der Waals surface area contributed by atoms with E-state index in [0.717, 1.165) is 44.8 Å². The minimum Gasteiger partial charge on any atom is -0.325 e. The predicted octanol–water partition coefficient (Wildman–Crippen LogP) is 4.58. The molecule has 31 heavy (non-hydrogen) atoms. The van der Waals surface area contributed by atoms with Gasteiger partial charge >= 0.3 is 6.03 Å². The Kier molecular flexibility index (Phi) is 6.03. The second-order valence-corrected chi connectivity index (χ2v) is 9.11. The molecule has 162 valence electrons. The lowest BCUT2D eigenvalue weighted by Crippen LogP contribution is -2.35. The van der Waals surface area contributed by atoms with Crippen molar-refractivity contribution in [3.8, 4) is 0 Å². The molecule has 2 amide bonds. The summed E-state index contributed by atoms with van der Waals surface area (Å²) in [4.78, 5) is 18.1. The molecule has 3 aromatic rings. The summed E-state index contributed by atoms with van der Waals surface area (Å²) in [7, 11) is -3.97. The number of hydrogen-bond acceptors (Lipinski definition) is 4. The Balaban J connectivity index is 1.49. The van der Waals surface area contributed by atoms with Crippen LogP contribution in [0.25, 0.3) is 10.9 Å². The molecule has 2 heterocycles. The van der Waals surface area contributed by atoms with Crippen molar-refractivity contribution in [2.45, 2.75) is 30.6 Å². The number of rotatable bonds is 4. The topological polar surface area (TPSA) is 91.4 Å². The van der Waals surface area contributed by atoms with Crippen LogP contribution in [0.15, 0.2) is 59.6 Å². The van der Waals surface area contributed by atoms with Crippen LogP contribution in [0.4, 0.5) is 20.6 Å². The van der Waals surface area contributed by atoms with E-state index in [0.29, 0.717) is 11.4 Å². The third-order valence-corrected chi connectivity index (χ3v) is 6.69. The molecular formula is C22H23FN4O3S. The molecule has 0 atom stereocenters. The number of hydrogen-bond donors (Lipinski definition) is 2. The average molecular weight is 443 g/mol. The molecule has 0 spiro atoms. The number of anilines is 2. The highest BCUT2D eigenvalue weighted by Gasteiger charge is 2.20. The fourth-order valence-corrected chi connectivity index (χ4v) is 4.91. The molecule has 0 radical (unpaired) electrons. The largest absolute Gasteiger partial charge is 0.325 e. The van der Waals surface area contributed by atoms with Gasteiger partial charge in [-0.2, -0.15) is 0 Å². The molecule has 1 aliphatic heterocycles. The molecule has 1 aromatic heterocycles. The van der Waals surface area contributed by atoms with E-state index >= 15 is 0 Å². The van der Waals surface area contributed by atoms with Gasteiger partial charge in [0.2, 0.25) is 0 Å². The number of amides is 2. The first-order valence-electron chi connectivity index (χ1n) is 10.2. The van der Waals surface area contributed by atoms with Gasteiger partial charge in [-0.05, 0) is 61.4 Å². The van der Waals surface area contributed by atoms with Crippen molar-refractivity contribution in [1.29, 1.82) is 0 Å². The zero-order valence-corrected chi connectivity index (χ0v) is 17.7. The summed E-state index contributed by atoms with van der Waals surface area (Å²) < 4.78 is 42.3. The lowest BCUT2D eigenvalue weighted by molar-refractivity contribution is 0.214. The summed E-state index contributed by atoms with van der Waals surface area (Å²) in [5, 5.41) is 3.06. The molecule has 0 unspecified atom stereocenters. The lowest BCUT2D eigenvalue weighted by atomic mass is 10.2. The molecule has 1 aliphatic rings. The number of likely N-dealkylation sites (tertiary alicyclic amines) is 1. The zero-order chi connectivity index (χ0) is 21.8. The summed E-state index contributed by atoms with van der Waals surface area (Å²) in [6.07, 6.45) is 5.69. The maximum absolute atomic E-state index is 14.0. The fourth-order valence-electron chi connectivity index (χ4n) is 3.65. The molecule has 9 heteroatoms. The molecule has 1 saturated heterocycles. The highest BCUT2D eigenvalue weighted by molar-refractivity contribution is 7.93. The van der Waals surface area contributed by atoms with Crippen LogP contribution in [0.1, 0.15) is 25.7 Å². The molecule has 1 fully saturated rings. The summed E-state index contributed by atoms with van der Waals surface area (Å²) >= 11 is 0. The number of fused-ring (bicyclic) bond motifs is 1. The van der Waals surface area contributed by atoms with Crippen molar-refractivity contribution in [2.75, 3.05) is 23.1 Å². The van der Waals surface area contributed by atoms with Gasteiger partial charge in [0.1, 0.15) is 11.3 Å². The standard InChI is InChI=1S/C22H23FN4O3S/c23-19-11-12-20(18-6-5-13-24-21(18)19)31(29,30)26-17-9-7-16(8-10-17)25-22(28)27-14-3-1-2-4-15-27/h5-13,26H,1-4,14-15H2,(H,25,28). The third kappa shape index (κ3) is 4.77. The summed E-state index contributed by atoms with van der Waals surface area (Å²) in [5.74, 6) is -0.584. The highest BCUT2D eigenvalue weighted by Crippen LogP contribution is 2.26. The van der Waals surface area contributed by atoms with E-state index in [-0.39, 0.29) is 21.8 Å². The highest BCUT2D eigenvalue weighted by atomic mass is 32.2. The molecule has 0 bridgehead atoms. The zero-order valence-electron chi connectivity index (χ0n) is 16.8. The van der Waals surface area contributed by atoms with Gasteiger partial charge in [-0.25, -0.2) is 17.6 Å². The van der Waals surface area contributed by atoms with Crippen LogP contribution in [-0.2, 0) is 10.0 Å². The number of sulfonamides is 1. The molecule has 2 aromatic carbocycles. The maximum atomic E-state index is 14.0. The first kappa shape index (κ1) is 21.0. The van der Waals surface area contributed by atoms with Crippen LogP contribution in [0.3, 0.4) is 0 Å². The van der Waals surface area contributed by atoms with Crippen molar-refractivity contribution in [1.82, 2.24) is 9.88 Å². The second kappa shape index (κ2) is 8.89. The number of urea groups is 1. The van der Waals surface area contributed by atoms with E-state index < -0.39 is 15.8 Å². The molecule has 7 nitrogen and oxygen atoms in total. The number of carbonyl (C=O) groups is 1. The van der Waals surface area contributed by atoms with Crippen molar-refractivity contribution in [3.05, 3.63) is 60.5 Å². The summed E-state index contributed by atoms with van der Waals surface area (Å²) in [5.41, 5.74) is 0.903. The Morgan fingerprint density at radius 2 is 1.61 bits per heavy atom. The number of halogens is 1. The van der Waals surface area contributed by atoms with Gasteiger partial charge in [-0.1, -0.05) is 12.8 Å². The average Bonchev–Trinajstić information content (AvgIpc) is 3.05. The van der Waals surface area contributed by atoms with Crippen LogP contribution in [-0.4, -0.2) is 37.4 Å². The van der Waals surface area contributed by atoms with Gasteiger partial charge in [-0.3, -0.25) is 9.71 Å². The van der Waals surface area contributed by atoms with Crippen LogP contribution >= 0.6 is 0 Å². The SMILES string of the molecule is O=C(Nc1ccc(NS(=O)(=O)c2ccc(F)c3ncccc23)cc1)N1CCCCCC1. The second-order valence-electron chi connectivity index (χ2n) is 7.46. The number of nitrogens with one attached hydrogen (secondary N) is 2. The minimum absolute atomic E-state index is 0.00283. The Morgan fingerprint density at radius 3 is 2.32 bits per heavy atom. The van der Waals surface area contributed by atoms with Crippen LogP contribution in [0.2, 0.25) is 0 Å². The Hall–Kier alpha value is -3.20. The number of aromatic nitrogens is 1. The normalized spacial score (nSPS) is 14.8. The van der Waals surface area contributed by atoms with E-state index in [9.17, 15) is 17.6 Å². The monoisotopic (exact) mass is 442 g/mol. The van der Waals surface area contributed by atoms with Gasteiger partial charge in [0, 0.05) is 36.0 Å². The van der Waals surface area contributed by atoms with Crippen molar-refractivity contribution >= 4 is 38.3 Å². The number of pyridine rings is 1. The number of carbonyl (C=O) groups excluding carboxylic acids is 1. The fraction of sp³-hybridized carbons (Fsp3) is 0.273. The van der Waals surface area contributed by atoms with Crippen molar-refractivity contribution < 1.29 is 17.6 Å². The summed E-state index contributed by atoms with van der Waals surface area (Å²) in [6, 6.07) is 11.6. The summed E-state index contributed by atoms with van der Waals surface area (Å²) in [6.45, 7) is 1.48. The Labute approximate surface area is 180 Å². The predicted molar refractivity (Wildman–Crippen MR) is 118 cm³/mol.